The van der Waals surface area contributed by atoms with Gasteiger partial charge in [0.15, 0.2) is 0 Å². The summed E-state index contributed by atoms with van der Waals surface area (Å²) in [6.45, 7) is 8.15. The maximum Gasteiger partial charge on any atom is 0.135 e. The summed E-state index contributed by atoms with van der Waals surface area (Å²) in [6.07, 6.45) is 1.54. The SMILES string of the molecule is Cc1ccc(CCC(=O)C(C)C)cc1C. The summed E-state index contributed by atoms with van der Waals surface area (Å²) in [4.78, 5) is 11.5. The third-order valence-electron chi connectivity index (χ3n) is 2.88. The van der Waals surface area contributed by atoms with Crippen LogP contribution in [-0.2, 0) is 11.2 Å². The Balaban J connectivity index is 2.58. The second-order valence-electron chi connectivity index (χ2n) is 4.54. The van der Waals surface area contributed by atoms with Crippen molar-refractivity contribution < 1.29 is 4.79 Å². The summed E-state index contributed by atoms with van der Waals surface area (Å²) in [5.41, 5.74) is 3.89. The van der Waals surface area contributed by atoms with Gasteiger partial charge in [-0.15, -0.1) is 0 Å². The highest BCUT2D eigenvalue weighted by molar-refractivity contribution is 5.80. The van der Waals surface area contributed by atoms with E-state index in [1.54, 1.807) is 0 Å². The molecule has 1 aromatic rings. The van der Waals surface area contributed by atoms with Gasteiger partial charge in [0.05, 0.1) is 0 Å². The second-order valence-corrected chi connectivity index (χ2v) is 4.54. The molecule has 0 heterocycles. The van der Waals surface area contributed by atoms with Gasteiger partial charge in [0.2, 0.25) is 0 Å². The van der Waals surface area contributed by atoms with E-state index in [0.717, 1.165) is 6.42 Å². The minimum Gasteiger partial charge on any atom is -0.299 e. The number of rotatable bonds is 4. The van der Waals surface area contributed by atoms with Crippen molar-refractivity contribution in [2.24, 2.45) is 5.92 Å². The molecule has 15 heavy (non-hydrogen) atoms. The van der Waals surface area contributed by atoms with Gasteiger partial charge in [0.1, 0.15) is 5.78 Å². The lowest BCUT2D eigenvalue weighted by atomic mass is 9.99. The lowest BCUT2D eigenvalue weighted by Gasteiger charge is -2.06. The number of carbonyl (C=O) groups excluding carboxylic acids is 1. The van der Waals surface area contributed by atoms with Crippen LogP contribution in [0.15, 0.2) is 18.2 Å². The van der Waals surface area contributed by atoms with Crippen LogP contribution in [0.25, 0.3) is 0 Å². The summed E-state index contributed by atoms with van der Waals surface area (Å²) in [7, 11) is 0. The van der Waals surface area contributed by atoms with E-state index in [1.807, 2.05) is 13.8 Å². The van der Waals surface area contributed by atoms with E-state index in [0.29, 0.717) is 12.2 Å². The van der Waals surface area contributed by atoms with Crippen molar-refractivity contribution in [1.29, 1.82) is 0 Å². The maximum atomic E-state index is 11.5. The molecule has 1 heteroatoms. The molecule has 0 saturated heterocycles. The molecule has 0 aliphatic carbocycles. The van der Waals surface area contributed by atoms with Crippen molar-refractivity contribution in [1.82, 2.24) is 0 Å². The average Bonchev–Trinajstić information content (AvgIpc) is 2.19. The van der Waals surface area contributed by atoms with Crippen LogP contribution < -0.4 is 0 Å². The summed E-state index contributed by atoms with van der Waals surface area (Å²) in [5.74, 6) is 0.518. The van der Waals surface area contributed by atoms with Gasteiger partial charge in [-0.25, -0.2) is 0 Å². The van der Waals surface area contributed by atoms with Crippen molar-refractivity contribution >= 4 is 5.78 Å². The van der Waals surface area contributed by atoms with E-state index in [4.69, 9.17) is 0 Å². The molecule has 0 N–H and O–H groups in total. The molecule has 0 aromatic heterocycles. The first-order valence-electron chi connectivity index (χ1n) is 5.59. The predicted molar refractivity (Wildman–Crippen MR) is 64.1 cm³/mol. The molecule has 0 radical (unpaired) electrons. The van der Waals surface area contributed by atoms with Crippen LogP contribution in [0.4, 0.5) is 0 Å². The third kappa shape index (κ3) is 3.50. The number of hydrogen-bond donors (Lipinski definition) is 0. The number of benzene rings is 1. The second kappa shape index (κ2) is 5.11. The van der Waals surface area contributed by atoms with Crippen LogP contribution in [0.2, 0.25) is 0 Å². The first kappa shape index (κ1) is 12.0. The molecule has 1 rings (SSSR count). The Bertz CT molecular complexity index is 350. The molecule has 0 bridgehead atoms. The van der Waals surface area contributed by atoms with Gasteiger partial charge in [-0.3, -0.25) is 4.79 Å². The Kier molecular flexibility index (Phi) is 4.07. The molecule has 0 spiro atoms. The first-order chi connectivity index (χ1) is 7.00. The van der Waals surface area contributed by atoms with Crippen molar-refractivity contribution in [3.8, 4) is 0 Å². The van der Waals surface area contributed by atoms with Gasteiger partial charge in [-0.2, -0.15) is 0 Å². The molecule has 0 saturated carbocycles. The molecule has 0 amide bonds. The van der Waals surface area contributed by atoms with Crippen LogP contribution in [0.3, 0.4) is 0 Å². The number of Topliss-reactive ketones (excluding diaryl/α,β-unsaturated/α-hetero) is 1. The Morgan fingerprint density at radius 3 is 2.40 bits per heavy atom. The fraction of sp³-hybridized carbons (Fsp3) is 0.500. The summed E-state index contributed by atoms with van der Waals surface area (Å²) < 4.78 is 0. The third-order valence-corrected chi connectivity index (χ3v) is 2.88. The van der Waals surface area contributed by atoms with Crippen molar-refractivity contribution in [3.05, 3.63) is 34.9 Å². The topological polar surface area (TPSA) is 17.1 Å². The standard InChI is InChI=1S/C14H20O/c1-10(2)14(15)8-7-13-6-5-11(3)12(4)9-13/h5-6,9-10H,7-8H2,1-4H3. The Hall–Kier alpha value is -1.11. The largest absolute Gasteiger partial charge is 0.299 e. The van der Waals surface area contributed by atoms with Crippen LogP contribution in [-0.4, -0.2) is 5.78 Å². The van der Waals surface area contributed by atoms with Gasteiger partial charge in [-0.05, 0) is 37.0 Å². The van der Waals surface area contributed by atoms with Crippen LogP contribution in [0.5, 0.6) is 0 Å². The molecule has 1 aromatic carbocycles. The molecule has 0 aliphatic rings. The molecule has 0 atom stereocenters. The molecule has 0 fully saturated rings. The van der Waals surface area contributed by atoms with E-state index in [2.05, 4.69) is 32.0 Å². The molecule has 1 nitrogen and oxygen atoms in total. The zero-order chi connectivity index (χ0) is 11.4. The van der Waals surface area contributed by atoms with Crippen LogP contribution in [0, 0.1) is 19.8 Å². The number of hydrogen-bond acceptors (Lipinski definition) is 1. The Morgan fingerprint density at radius 2 is 1.87 bits per heavy atom. The number of aryl methyl sites for hydroxylation is 3. The highest BCUT2D eigenvalue weighted by Gasteiger charge is 2.07. The number of carbonyl (C=O) groups is 1. The molecule has 82 valence electrons. The van der Waals surface area contributed by atoms with E-state index >= 15 is 0 Å². The minimum absolute atomic E-state index is 0.163. The van der Waals surface area contributed by atoms with Crippen LogP contribution in [0.1, 0.15) is 37.0 Å². The lowest BCUT2D eigenvalue weighted by Crippen LogP contribution is -2.07. The smallest absolute Gasteiger partial charge is 0.135 e. The molecule has 0 aliphatic heterocycles. The van der Waals surface area contributed by atoms with E-state index in [-0.39, 0.29) is 5.92 Å². The van der Waals surface area contributed by atoms with E-state index in [9.17, 15) is 4.79 Å². The first-order valence-corrected chi connectivity index (χ1v) is 5.59. The van der Waals surface area contributed by atoms with Gasteiger partial charge in [0, 0.05) is 12.3 Å². The zero-order valence-electron chi connectivity index (χ0n) is 10.1. The van der Waals surface area contributed by atoms with Gasteiger partial charge in [-0.1, -0.05) is 32.0 Å². The maximum absolute atomic E-state index is 11.5. The average molecular weight is 204 g/mol. The molecular formula is C14H20O. The zero-order valence-corrected chi connectivity index (χ0v) is 10.1. The van der Waals surface area contributed by atoms with E-state index < -0.39 is 0 Å². The van der Waals surface area contributed by atoms with Crippen molar-refractivity contribution in [3.63, 3.8) is 0 Å². The fourth-order valence-electron chi connectivity index (χ4n) is 1.52. The molecular weight excluding hydrogens is 184 g/mol. The Labute approximate surface area is 92.5 Å². The number of ketones is 1. The summed E-state index contributed by atoms with van der Waals surface area (Å²) in [6, 6.07) is 6.43. The monoisotopic (exact) mass is 204 g/mol. The lowest BCUT2D eigenvalue weighted by molar-refractivity contribution is -0.121. The normalized spacial score (nSPS) is 10.7. The summed E-state index contributed by atoms with van der Waals surface area (Å²) >= 11 is 0. The van der Waals surface area contributed by atoms with Crippen molar-refractivity contribution in [2.75, 3.05) is 0 Å². The van der Waals surface area contributed by atoms with Gasteiger partial charge < -0.3 is 0 Å². The predicted octanol–water partition coefficient (Wildman–Crippen LogP) is 3.46. The fourth-order valence-corrected chi connectivity index (χ4v) is 1.52. The quantitative estimate of drug-likeness (QED) is 0.734. The summed E-state index contributed by atoms with van der Waals surface area (Å²) in [5, 5.41) is 0. The highest BCUT2D eigenvalue weighted by atomic mass is 16.1. The van der Waals surface area contributed by atoms with E-state index in [1.165, 1.54) is 16.7 Å². The molecule has 0 unspecified atom stereocenters. The Morgan fingerprint density at radius 1 is 1.20 bits per heavy atom. The van der Waals surface area contributed by atoms with Gasteiger partial charge in [0.25, 0.3) is 0 Å². The van der Waals surface area contributed by atoms with Crippen molar-refractivity contribution in [2.45, 2.75) is 40.5 Å². The van der Waals surface area contributed by atoms with Gasteiger partial charge >= 0.3 is 0 Å². The minimum atomic E-state index is 0.163. The highest BCUT2D eigenvalue weighted by Crippen LogP contribution is 2.12. The van der Waals surface area contributed by atoms with Crippen LogP contribution >= 0.6 is 0 Å².